The molecular formula is C24H28N4O2S. The third kappa shape index (κ3) is 4.28. The molecule has 0 bridgehead atoms. The average molecular weight is 437 g/mol. The summed E-state index contributed by atoms with van der Waals surface area (Å²) in [6.45, 7) is 11.1. The molecule has 0 aliphatic carbocycles. The van der Waals surface area contributed by atoms with E-state index >= 15 is 0 Å². The molecule has 162 valence electrons. The largest absolute Gasteiger partial charge is 0.334 e. The Kier molecular flexibility index (Phi) is 5.96. The van der Waals surface area contributed by atoms with Crippen LogP contribution in [0, 0.1) is 19.8 Å². The minimum atomic E-state index is -0.348. The fraction of sp³-hybridized carbons (Fsp3) is 0.375. The van der Waals surface area contributed by atoms with Crippen LogP contribution in [0.3, 0.4) is 0 Å². The summed E-state index contributed by atoms with van der Waals surface area (Å²) < 4.78 is 5.72. The monoisotopic (exact) mass is 436 g/mol. The molecule has 7 heteroatoms. The molecule has 1 aliphatic rings. The first-order chi connectivity index (χ1) is 14.8. The van der Waals surface area contributed by atoms with Crippen molar-refractivity contribution >= 4 is 22.9 Å². The van der Waals surface area contributed by atoms with Crippen molar-refractivity contribution in [2.75, 3.05) is 6.54 Å². The lowest BCUT2D eigenvalue weighted by molar-refractivity contribution is 0.202. The van der Waals surface area contributed by atoms with E-state index in [9.17, 15) is 4.79 Å². The average Bonchev–Trinajstić information content (AvgIpc) is 3.41. The highest BCUT2D eigenvalue weighted by Gasteiger charge is 2.35. The molecule has 0 saturated carbocycles. The van der Waals surface area contributed by atoms with E-state index < -0.39 is 0 Å². The van der Waals surface area contributed by atoms with Crippen molar-refractivity contribution in [2.45, 2.75) is 47.1 Å². The van der Waals surface area contributed by atoms with Crippen LogP contribution >= 0.6 is 11.3 Å². The maximum Gasteiger partial charge on any atom is 0.322 e. The van der Waals surface area contributed by atoms with Crippen LogP contribution in [0.4, 0.5) is 4.79 Å². The molecule has 6 nitrogen and oxygen atoms in total. The Morgan fingerprint density at radius 3 is 2.68 bits per heavy atom. The summed E-state index contributed by atoms with van der Waals surface area (Å²) in [4.78, 5) is 20.5. The maximum atomic E-state index is 13.0. The van der Waals surface area contributed by atoms with Crippen LogP contribution < -0.4 is 5.32 Å². The third-order valence-electron chi connectivity index (χ3n) is 5.79. The van der Waals surface area contributed by atoms with Crippen molar-refractivity contribution in [2.24, 2.45) is 5.92 Å². The van der Waals surface area contributed by atoms with Crippen LogP contribution in [0.1, 0.15) is 55.8 Å². The number of nitrogens with one attached hydrogen (secondary N) is 1. The zero-order chi connectivity index (χ0) is 22.1. The van der Waals surface area contributed by atoms with Gasteiger partial charge in [0, 0.05) is 12.2 Å². The number of rotatable bonds is 6. The second-order valence-electron chi connectivity index (χ2n) is 8.46. The number of aryl methyl sites for hydroxylation is 2. The van der Waals surface area contributed by atoms with Crippen molar-refractivity contribution in [3.63, 3.8) is 0 Å². The smallest absolute Gasteiger partial charge is 0.322 e. The maximum absolute atomic E-state index is 13.0. The quantitative estimate of drug-likeness (QED) is 0.518. The highest BCUT2D eigenvalue weighted by atomic mass is 32.1. The molecule has 0 fully saturated rings. The Hall–Kier alpha value is -2.93. The minimum Gasteiger partial charge on any atom is -0.334 e. The number of allylic oxidation sites excluding steroid dienone is 1. The molecule has 1 aliphatic heterocycles. The topological polar surface area (TPSA) is 71.3 Å². The number of amides is 2. The summed E-state index contributed by atoms with van der Waals surface area (Å²) >= 11 is 1.57. The molecule has 1 unspecified atom stereocenters. The standard InChI is InChI=1S/C24H28N4O2S/c1-14(2)10-11-28-17(5)20(23-26-22(27-30-23)19-7-6-12-31-19)21(25-24(28)29)18-9-8-15(3)16(4)13-18/h6-9,12-14,21H,10-11H2,1-5H3,(H,25,29). The van der Waals surface area contributed by atoms with Crippen LogP contribution in [0.25, 0.3) is 16.3 Å². The van der Waals surface area contributed by atoms with Crippen LogP contribution in [0.15, 0.2) is 45.9 Å². The van der Waals surface area contributed by atoms with E-state index in [0.29, 0.717) is 24.2 Å². The van der Waals surface area contributed by atoms with E-state index in [2.05, 4.69) is 56.4 Å². The molecule has 0 saturated heterocycles. The molecule has 0 spiro atoms. The van der Waals surface area contributed by atoms with E-state index in [0.717, 1.165) is 28.1 Å². The van der Waals surface area contributed by atoms with E-state index in [1.165, 1.54) is 11.1 Å². The summed E-state index contributed by atoms with van der Waals surface area (Å²) in [5, 5.41) is 9.37. The van der Waals surface area contributed by atoms with Crippen molar-refractivity contribution in [1.29, 1.82) is 0 Å². The molecule has 2 amide bonds. The first kappa shape index (κ1) is 21.3. The number of thiophene rings is 1. The fourth-order valence-corrected chi connectivity index (χ4v) is 4.40. The summed E-state index contributed by atoms with van der Waals surface area (Å²) in [6.07, 6.45) is 0.913. The highest BCUT2D eigenvalue weighted by molar-refractivity contribution is 7.13. The van der Waals surface area contributed by atoms with Crippen LogP contribution in [-0.4, -0.2) is 27.6 Å². The SMILES string of the molecule is CC1=C(c2nc(-c3cccs3)no2)C(c2ccc(C)c(C)c2)NC(=O)N1CCC(C)C. The number of aromatic nitrogens is 2. The van der Waals surface area contributed by atoms with Gasteiger partial charge in [-0.1, -0.05) is 43.3 Å². The second-order valence-corrected chi connectivity index (χ2v) is 9.41. The van der Waals surface area contributed by atoms with Gasteiger partial charge in [-0.2, -0.15) is 4.98 Å². The predicted octanol–water partition coefficient (Wildman–Crippen LogP) is 5.96. The van der Waals surface area contributed by atoms with Gasteiger partial charge in [-0.25, -0.2) is 4.79 Å². The zero-order valence-corrected chi connectivity index (χ0v) is 19.4. The highest BCUT2D eigenvalue weighted by Crippen LogP contribution is 2.38. The van der Waals surface area contributed by atoms with Crippen molar-refractivity contribution < 1.29 is 9.32 Å². The van der Waals surface area contributed by atoms with Gasteiger partial charge in [-0.15, -0.1) is 11.3 Å². The van der Waals surface area contributed by atoms with Gasteiger partial charge in [0.05, 0.1) is 16.5 Å². The summed E-state index contributed by atoms with van der Waals surface area (Å²) in [7, 11) is 0. The summed E-state index contributed by atoms with van der Waals surface area (Å²) in [5.74, 6) is 1.50. The number of carbonyl (C=O) groups is 1. The molecule has 1 atom stereocenters. The van der Waals surface area contributed by atoms with Gasteiger partial charge in [-0.05, 0) is 61.2 Å². The van der Waals surface area contributed by atoms with E-state index in [1.54, 1.807) is 16.2 Å². The first-order valence-corrected chi connectivity index (χ1v) is 11.5. The van der Waals surface area contributed by atoms with E-state index in [1.807, 2.05) is 24.4 Å². The Labute approximate surface area is 187 Å². The van der Waals surface area contributed by atoms with Gasteiger partial charge in [-0.3, -0.25) is 4.90 Å². The summed E-state index contributed by atoms with van der Waals surface area (Å²) in [5.41, 5.74) is 5.10. The third-order valence-corrected chi connectivity index (χ3v) is 6.65. The molecule has 0 radical (unpaired) electrons. The van der Waals surface area contributed by atoms with Crippen LogP contribution in [0.2, 0.25) is 0 Å². The van der Waals surface area contributed by atoms with Crippen LogP contribution in [0.5, 0.6) is 0 Å². The number of hydrogen-bond donors (Lipinski definition) is 1. The first-order valence-electron chi connectivity index (χ1n) is 10.6. The second kappa shape index (κ2) is 8.67. The lowest BCUT2D eigenvalue weighted by Gasteiger charge is -2.35. The Balaban J connectivity index is 1.80. The number of nitrogens with zero attached hydrogens (tertiary/aromatic N) is 3. The molecule has 1 aromatic carbocycles. The lowest BCUT2D eigenvalue weighted by Crippen LogP contribution is -2.46. The van der Waals surface area contributed by atoms with Gasteiger partial charge in [0.25, 0.3) is 5.89 Å². The molecule has 31 heavy (non-hydrogen) atoms. The number of hydrogen-bond acceptors (Lipinski definition) is 5. The van der Waals surface area contributed by atoms with Gasteiger partial charge >= 0.3 is 6.03 Å². The molecular weight excluding hydrogens is 408 g/mol. The number of benzene rings is 1. The molecule has 2 aromatic heterocycles. The number of urea groups is 1. The Morgan fingerprint density at radius 1 is 1.19 bits per heavy atom. The predicted molar refractivity (Wildman–Crippen MR) is 124 cm³/mol. The van der Waals surface area contributed by atoms with Crippen molar-refractivity contribution in [3.05, 3.63) is 64.0 Å². The minimum absolute atomic E-state index is 0.0943. The van der Waals surface area contributed by atoms with Gasteiger partial charge in [0.1, 0.15) is 0 Å². The molecule has 3 heterocycles. The van der Waals surface area contributed by atoms with E-state index in [4.69, 9.17) is 9.51 Å². The number of carbonyl (C=O) groups excluding carboxylic acids is 1. The van der Waals surface area contributed by atoms with Gasteiger partial charge < -0.3 is 9.84 Å². The molecule has 3 aromatic rings. The Morgan fingerprint density at radius 2 is 2.00 bits per heavy atom. The fourth-order valence-electron chi connectivity index (χ4n) is 3.75. The molecule has 1 N–H and O–H groups in total. The Bertz CT molecular complexity index is 1110. The lowest BCUT2D eigenvalue weighted by atomic mass is 9.92. The van der Waals surface area contributed by atoms with Crippen molar-refractivity contribution in [1.82, 2.24) is 20.4 Å². The van der Waals surface area contributed by atoms with E-state index in [-0.39, 0.29) is 12.1 Å². The zero-order valence-electron chi connectivity index (χ0n) is 18.6. The summed E-state index contributed by atoms with van der Waals surface area (Å²) in [6, 6.07) is 9.75. The van der Waals surface area contributed by atoms with Crippen molar-refractivity contribution in [3.8, 4) is 10.7 Å². The van der Waals surface area contributed by atoms with Crippen LogP contribution in [-0.2, 0) is 0 Å². The van der Waals surface area contributed by atoms with Gasteiger partial charge in [0.2, 0.25) is 5.82 Å². The normalized spacial score (nSPS) is 16.9. The molecule has 4 rings (SSSR count). The van der Waals surface area contributed by atoms with Gasteiger partial charge in [0.15, 0.2) is 0 Å².